The minimum atomic E-state index is -1.04. The quantitative estimate of drug-likeness (QED) is 0.290. The topological polar surface area (TPSA) is 147 Å². The lowest BCUT2D eigenvalue weighted by molar-refractivity contribution is -0.138. The number of carboxylic acids is 1. The highest BCUT2D eigenvalue weighted by atomic mass is 16.4. The third kappa shape index (κ3) is 5.88. The maximum Gasteiger partial charge on any atom is 0.305 e. The van der Waals surface area contributed by atoms with Gasteiger partial charge in [-0.1, -0.05) is 24.6 Å². The van der Waals surface area contributed by atoms with E-state index in [1.165, 1.54) is 6.21 Å². The van der Waals surface area contributed by atoms with Gasteiger partial charge in [-0.15, -0.1) is 0 Å². The predicted octanol–water partition coefficient (Wildman–Crippen LogP) is 2.06. The number of hydrazone groups is 1. The molecule has 9 nitrogen and oxygen atoms in total. The van der Waals surface area contributed by atoms with Gasteiger partial charge in [0.05, 0.1) is 24.4 Å². The van der Waals surface area contributed by atoms with Crippen LogP contribution in [0.5, 0.6) is 0 Å². The van der Waals surface area contributed by atoms with Gasteiger partial charge in [-0.3, -0.25) is 19.4 Å². The summed E-state index contributed by atoms with van der Waals surface area (Å²) in [7, 11) is 0. The van der Waals surface area contributed by atoms with Crippen LogP contribution >= 0.6 is 0 Å². The molecular formula is C22H25N5O4. The van der Waals surface area contributed by atoms with E-state index in [4.69, 9.17) is 5.84 Å². The number of nitrogens with zero attached hydrogens (tertiary/aromatic N) is 2. The number of aliphatic carboxylic acids is 1. The summed E-state index contributed by atoms with van der Waals surface area (Å²) in [4.78, 5) is 41.2. The van der Waals surface area contributed by atoms with Crippen molar-refractivity contribution in [2.75, 3.05) is 5.32 Å². The molecule has 1 aliphatic carbocycles. The van der Waals surface area contributed by atoms with Gasteiger partial charge < -0.3 is 21.6 Å². The number of carbonyl (C=O) groups excluding carboxylic acids is 2. The molecule has 31 heavy (non-hydrogen) atoms. The molecular weight excluding hydrogens is 398 g/mol. The molecule has 2 aromatic rings. The highest BCUT2D eigenvalue weighted by molar-refractivity contribution is 5.96. The maximum absolute atomic E-state index is 13.0. The number of hydrogen-bond donors (Lipinski definition) is 4. The average Bonchev–Trinajstić information content (AvgIpc) is 3.25. The summed E-state index contributed by atoms with van der Waals surface area (Å²) in [5.74, 6) is 2.52. The van der Waals surface area contributed by atoms with Gasteiger partial charge in [0.25, 0.3) is 0 Å². The molecule has 2 amide bonds. The lowest BCUT2D eigenvalue weighted by atomic mass is 9.93. The van der Waals surface area contributed by atoms with E-state index < -0.39 is 23.8 Å². The summed E-state index contributed by atoms with van der Waals surface area (Å²) in [6.45, 7) is 0. The highest BCUT2D eigenvalue weighted by Gasteiger charge is 2.38. The molecule has 1 aromatic carbocycles. The molecule has 3 rings (SSSR count). The van der Waals surface area contributed by atoms with Crippen LogP contribution in [0.1, 0.15) is 43.0 Å². The number of benzene rings is 1. The second kappa shape index (κ2) is 10.3. The molecule has 1 aliphatic rings. The average molecular weight is 423 g/mol. The number of pyridine rings is 1. The van der Waals surface area contributed by atoms with Crippen LogP contribution < -0.4 is 16.5 Å². The SMILES string of the molecule is NN=Cc1ccc(NC(=O)C2CCCC2C(=O)NC(CC(=O)O)c2ccccn2)cc1. The Morgan fingerprint density at radius 1 is 1.13 bits per heavy atom. The maximum atomic E-state index is 13.0. The summed E-state index contributed by atoms with van der Waals surface area (Å²) < 4.78 is 0. The van der Waals surface area contributed by atoms with Crippen LogP contribution in [-0.4, -0.2) is 34.1 Å². The van der Waals surface area contributed by atoms with E-state index >= 15 is 0 Å². The summed E-state index contributed by atoms with van der Waals surface area (Å²) >= 11 is 0. The Bertz CT molecular complexity index is 946. The van der Waals surface area contributed by atoms with Crippen molar-refractivity contribution in [3.05, 3.63) is 59.9 Å². The molecule has 1 fully saturated rings. The van der Waals surface area contributed by atoms with Crippen LogP contribution in [0.15, 0.2) is 53.8 Å². The van der Waals surface area contributed by atoms with Crippen molar-refractivity contribution in [1.82, 2.24) is 10.3 Å². The van der Waals surface area contributed by atoms with Crippen molar-refractivity contribution in [1.29, 1.82) is 0 Å². The molecule has 3 unspecified atom stereocenters. The number of aromatic nitrogens is 1. The second-order valence-electron chi connectivity index (χ2n) is 7.45. The molecule has 9 heteroatoms. The second-order valence-corrected chi connectivity index (χ2v) is 7.45. The zero-order valence-corrected chi connectivity index (χ0v) is 16.9. The minimum absolute atomic E-state index is 0.231. The van der Waals surface area contributed by atoms with Gasteiger partial charge in [0.1, 0.15) is 0 Å². The smallest absolute Gasteiger partial charge is 0.305 e. The van der Waals surface area contributed by atoms with Gasteiger partial charge in [0.2, 0.25) is 11.8 Å². The third-order valence-corrected chi connectivity index (χ3v) is 5.33. The van der Waals surface area contributed by atoms with Crippen molar-refractivity contribution in [2.24, 2.45) is 22.8 Å². The van der Waals surface area contributed by atoms with Gasteiger partial charge in [0.15, 0.2) is 0 Å². The first-order chi connectivity index (χ1) is 15.0. The monoisotopic (exact) mass is 423 g/mol. The highest BCUT2D eigenvalue weighted by Crippen LogP contribution is 2.33. The third-order valence-electron chi connectivity index (χ3n) is 5.33. The van der Waals surface area contributed by atoms with Gasteiger partial charge in [-0.05, 0) is 42.7 Å². The number of hydrogen-bond acceptors (Lipinski definition) is 6. The van der Waals surface area contributed by atoms with E-state index in [0.717, 1.165) is 12.0 Å². The Labute approximate surface area is 179 Å². The summed E-state index contributed by atoms with van der Waals surface area (Å²) in [5.41, 5.74) is 1.89. The minimum Gasteiger partial charge on any atom is -0.481 e. The number of nitrogens with one attached hydrogen (secondary N) is 2. The predicted molar refractivity (Wildman–Crippen MR) is 115 cm³/mol. The van der Waals surface area contributed by atoms with Gasteiger partial charge in [0, 0.05) is 23.7 Å². The molecule has 0 bridgehead atoms. The Balaban J connectivity index is 1.67. The summed E-state index contributed by atoms with van der Waals surface area (Å²) in [6, 6.07) is 11.4. The van der Waals surface area contributed by atoms with Crippen LogP contribution in [0, 0.1) is 11.8 Å². The van der Waals surface area contributed by atoms with Crippen LogP contribution in [0.2, 0.25) is 0 Å². The van der Waals surface area contributed by atoms with Crippen LogP contribution in [0.3, 0.4) is 0 Å². The van der Waals surface area contributed by atoms with Crippen molar-refractivity contribution < 1.29 is 19.5 Å². The van der Waals surface area contributed by atoms with Crippen LogP contribution in [0.25, 0.3) is 0 Å². The Kier molecular flexibility index (Phi) is 7.31. The van der Waals surface area contributed by atoms with Crippen molar-refractivity contribution in [3.8, 4) is 0 Å². The number of carbonyl (C=O) groups is 3. The van der Waals surface area contributed by atoms with Crippen LogP contribution in [0.4, 0.5) is 5.69 Å². The number of anilines is 1. The van der Waals surface area contributed by atoms with E-state index in [2.05, 4.69) is 20.7 Å². The molecule has 1 heterocycles. The molecule has 0 radical (unpaired) electrons. The fourth-order valence-corrected chi connectivity index (χ4v) is 3.83. The molecule has 1 aromatic heterocycles. The lowest BCUT2D eigenvalue weighted by Crippen LogP contribution is -2.39. The van der Waals surface area contributed by atoms with Gasteiger partial charge in [-0.2, -0.15) is 5.10 Å². The number of carboxylic acid groups (broad SMARTS) is 1. The molecule has 0 aliphatic heterocycles. The van der Waals surface area contributed by atoms with Crippen molar-refractivity contribution in [3.63, 3.8) is 0 Å². The number of nitrogens with two attached hydrogens (primary N) is 1. The molecule has 1 saturated carbocycles. The molecule has 3 atom stereocenters. The summed E-state index contributed by atoms with van der Waals surface area (Å²) in [6.07, 6.45) is 4.66. The standard InChI is InChI=1S/C22H25N5O4/c23-25-13-14-7-9-15(10-8-14)26-21(30)16-4-3-5-17(16)22(31)27-19(12-20(28)29)18-6-1-2-11-24-18/h1-2,6-11,13,16-17,19H,3-5,12,23H2,(H,26,30)(H,27,31)(H,28,29). The van der Waals surface area contributed by atoms with Crippen molar-refractivity contribution >= 4 is 29.7 Å². The van der Waals surface area contributed by atoms with E-state index in [0.29, 0.717) is 24.2 Å². The summed E-state index contributed by atoms with van der Waals surface area (Å²) in [5, 5.41) is 18.3. The van der Waals surface area contributed by atoms with Gasteiger partial charge in [-0.25, -0.2) is 0 Å². The number of rotatable bonds is 8. The zero-order valence-electron chi connectivity index (χ0n) is 16.9. The number of amides is 2. The first-order valence-corrected chi connectivity index (χ1v) is 10.0. The Morgan fingerprint density at radius 3 is 2.45 bits per heavy atom. The molecule has 162 valence electrons. The molecule has 0 spiro atoms. The van der Waals surface area contributed by atoms with E-state index in [1.807, 2.05) is 0 Å². The van der Waals surface area contributed by atoms with Crippen molar-refractivity contribution in [2.45, 2.75) is 31.7 Å². The zero-order chi connectivity index (χ0) is 22.2. The largest absolute Gasteiger partial charge is 0.481 e. The fourth-order valence-electron chi connectivity index (χ4n) is 3.83. The van der Waals surface area contributed by atoms with E-state index in [-0.39, 0.29) is 18.2 Å². The fraction of sp³-hybridized carbons (Fsp3) is 0.318. The first-order valence-electron chi connectivity index (χ1n) is 10.0. The molecule has 0 saturated heterocycles. The normalized spacial score (nSPS) is 19.1. The van der Waals surface area contributed by atoms with E-state index in [1.54, 1.807) is 48.7 Å². The first kappa shape index (κ1) is 21.9. The molecule has 5 N–H and O–H groups in total. The van der Waals surface area contributed by atoms with Crippen LogP contribution in [-0.2, 0) is 14.4 Å². The lowest BCUT2D eigenvalue weighted by Gasteiger charge is -2.22. The van der Waals surface area contributed by atoms with Gasteiger partial charge >= 0.3 is 5.97 Å². The Hall–Kier alpha value is -3.75. The van der Waals surface area contributed by atoms with E-state index in [9.17, 15) is 19.5 Å². The Morgan fingerprint density at radius 2 is 1.84 bits per heavy atom.